The molecule has 1 amide bonds. The monoisotopic (exact) mass is 257 g/mol. The summed E-state index contributed by atoms with van der Waals surface area (Å²) in [6.45, 7) is 3.24. The van der Waals surface area contributed by atoms with Crippen LogP contribution in [0.25, 0.3) is 10.9 Å². The van der Waals surface area contributed by atoms with Crippen molar-refractivity contribution in [2.75, 3.05) is 12.3 Å². The summed E-state index contributed by atoms with van der Waals surface area (Å²) in [4.78, 5) is 14.3. The van der Waals surface area contributed by atoms with Crippen molar-refractivity contribution in [3.8, 4) is 0 Å². The number of benzene rings is 1. The summed E-state index contributed by atoms with van der Waals surface area (Å²) in [5.74, 6) is 0.199. The fraction of sp³-hybridized carbons (Fsp3) is 0.400. The predicted octanol–water partition coefficient (Wildman–Crippen LogP) is 2.23. The Kier molecular flexibility index (Phi) is 2.93. The summed E-state index contributed by atoms with van der Waals surface area (Å²) in [5.41, 5.74) is 7.73. The number of hydrogen-bond acceptors (Lipinski definition) is 2. The average molecular weight is 257 g/mol. The van der Waals surface area contributed by atoms with Crippen LogP contribution in [0.4, 0.5) is 5.69 Å². The molecular weight excluding hydrogens is 238 g/mol. The second-order valence-electron chi connectivity index (χ2n) is 5.13. The summed E-state index contributed by atoms with van der Waals surface area (Å²) < 4.78 is 1.99. The van der Waals surface area contributed by atoms with Gasteiger partial charge >= 0.3 is 0 Å². The number of amides is 1. The van der Waals surface area contributed by atoms with Gasteiger partial charge in [0.15, 0.2) is 0 Å². The molecular formula is C15H19N3O. The van der Waals surface area contributed by atoms with Crippen molar-refractivity contribution in [3.05, 3.63) is 30.5 Å². The molecule has 0 bridgehead atoms. The molecule has 4 heteroatoms. The summed E-state index contributed by atoms with van der Waals surface area (Å²) in [6, 6.07) is 8.27. The van der Waals surface area contributed by atoms with Crippen molar-refractivity contribution in [3.63, 3.8) is 0 Å². The molecule has 0 saturated heterocycles. The van der Waals surface area contributed by atoms with Crippen LogP contribution in [-0.4, -0.2) is 28.0 Å². The van der Waals surface area contributed by atoms with Crippen molar-refractivity contribution < 1.29 is 4.79 Å². The first-order chi connectivity index (χ1) is 9.20. The van der Waals surface area contributed by atoms with E-state index in [2.05, 4.69) is 0 Å². The lowest BCUT2D eigenvalue weighted by molar-refractivity contribution is -0.132. The van der Waals surface area contributed by atoms with E-state index in [-0.39, 0.29) is 5.91 Å². The van der Waals surface area contributed by atoms with Gasteiger partial charge in [0.05, 0.1) is 5.52 Å². The zero-order chi connectivity index (χ0) is 13.4. The van der Waals surface area contributed by atoms with Crippen LogP contribution in [0.1, 0.15) is 19.8 Å². The standard InChI is InChI=1S/C15H19N3O/c1-2-18(11-6-7-11)15(19)10-17-9-8-12-13(16)4-3-5-14(12)17/h3-5,8-9,11H,2,6-7,10,16H2,1H3. The number of nitrogens with two attached hydrogens (primary N) is 1. The highest BCUT2D eigenvalue weighted by Crippen LogP contribution is 2.27. The van der Waals surface area contributed by atoms with Gasteiger partial charge in [0.2, 0.25) is 5.91 Å². The summed E-state index contributed by atoms with van der Waals surface area (Å²) in [7, 11) is 0. The molecule has 4 nitrogen and oxygen atoms in total. The Morgan fingerprint density at radius 3 is 2.89 bits per heavy atom. The Balaban J connectivity index is 1.85. The third kappa shape index (κ3) is 2.18. The Morgan fingerprint density at radius 2 is 2.21 bits per heavy atom. The zero-order valence-electron chi connectivity index (χ0n) is 11.2. The van der Waals surface area contributed by atoms with E-state index in [4.69, 9.17) is 5.73 Å². The lowest BCUT2D eigenvalue weighted by Crippen LogP contribution is -2.35. The maximum absolute atomic E-state index is 12.3. The van der Waals surface area contributed by atoms with Crippen LogP contribution in [0.2, 0.25) is 0 Å². The number of carbonyl (C=O) groups is 1. The minimum absolute atomic E-state index is 0.199. The first kappa shape index (κ1) is 12.1. The third-order valence-corrected chi connectivity index (χ3v) is 3.80. The third-order valence-electron chi connectivity index (χ3n) is 3.80. The number of carbonyl (C=O) groups excluding carboxylic acids is 1. The van der Waals surface area contributed by atoms with Crippen LogP contribution in [0.3, 0.4) is 0 Å². The van der Waals surface area contributed by atoms with E-state index in [0.29, 0.717) is 12.6 Å². The fourth-order valence-corrected chi connectivity index (χ4v) is 2.65. The highest BCUT2D eigenvalue weighted by atomic mass is 16.2. The van der Waals surface area contributed by atoms with E-state index in [1.54, 1.807) is 0 Å². The van der Waals surface area contributed by atoms with Crippen molar-refractivity contribution in [2.24, 2.45) is 0 Å². The molecule has 3 rings (SSSR count). The van der Waals surface area contributed by atoms with Gasteiger partial charge in [-0.1, -0.05) is 6.07 Å². The minimum Gasteiger partial charge on any atom is -0.398 e. The van der Waals surface area contributed by atoms with Crippen LogP contribution in [0.5, 0.6) is 0 Å². The van der Waals surface area contributed by atoms with Crippen molar-refractivity contribution in [1.29, 1.82) is 0 Å². The molecule has 0 radical (unpaired) electrons. The molecule has 1 saturated carbocycles. The molecule has 100 valence electrons. The molecule has 1 aliphatic carbocycles. The molecule has 0 spiro atoms. The van der Waals surface area contributed by atoms with E-state index in [9.17, 15) is 4.79 Å². The number of likely N-dealkylation sites (N-methyl/N-ethyl adjacent to an activating group) is 1. The minimum atomic E-state index is 0.199. The molecule has 1 aromatic heterocycles. The molecule has 1 aromatic carbocycles. The number of anilines is 1. The number of rotatable bonds is 4. The molecule has 2 N–H and O–H groups in total. The predicted molar refractivity (Wildman–Crippen MR) is 76.8 cm³/mol. The Labute approximate surface area is 112 Å². The Morgan fingerprint density at radius 1 is 1.42 bits per heavy atom. The summed E-state index contributed by atoms with van der Waals surface area (Å²) >= 11 is 0. The maximum atomic E-state index is 12.3. The van der Waals surface area contributed by atoms with Gasteiger partial charge in [-0.15, -0.1) is 0 Å². The Hall–Kier alpha value is -1.97. The largest absolute Gasteiger partial charge is 0.398 e. The molecule has 2 aromatic rings. The average Bonchev–Trinajstić information content (AvgIpc) is 3.13. The van der Waals surface area contributed by atoms with Gasteiger partial charge < -0.3 is 15.2 Å². The zero-order valence-corrected chi connectivity index (χ0v) is 11.2. The normalized spacial score (nSPS) is 14.8. The first-order valence-corrected chi connectivity index (χ1v) is 6.83. The highest BCUT2D eigenvalue weighted by Gasteiger charge is 2.31. The Bertz CT molecular complexity index is 613. The molecule has 1 aliphatic rings. The summed E-state index contributed by atoms with van der Waals surface area (Å²) in [5, 5.41) is 1.02. The second-order valence-corrected chi connectivity index (χ2v) is 5.13. The lowest BCUT2D eigenvalue weighted by atomic mass is 10.2. The molecule has 0 unspecified atom stereocenters. The van der Waals surface area contributed by atoms with E-state index >= 15 is 0 Å². The molecule has 0 aliphatic heterocycles. The number of hydrogen-bond donors (Lipinski definition) is 1. The number of fused-ring (bicyclic) bond motifs is 1. The van der Waals surface area contributed by atoms with Gasteiger partial charge in [-0.05, 0) is 38.0 Å². The van der Waals surface area contributed by atoms with Crippen LogP contribution in [0.15, 0.2) is 30.5 Å². The number of aromatic nitrogens is 1. The van der Waals surface area contributed by atoms with Crippen LogP contribution >= 0.6 is 0 Å². The van der Waals surface area contributed by atoms with Crippen molar-refractivity contribution in [2.45, 2.75) is 32.4 Å². The van der Waals surface area contributed by atoms with Gasteiger partial charge in [0, 0.05) is 29.9 Å². The topological polar surface area (TPSA) is 51.3 Å². The molecule has 1 fully saturated rings. The van der Waals surface area contributed by atoms with E-state index in [1.807, 2.05) is 46.9 Å². The van der Waals surface area contributed by atoms with E-state index in [1.165, 1.54) is 0 Å². The number of nitrogens with zero attached hydrogens (tertiary/aromatic N) is 2. The van der Waals surface area contributed by atoms with Crippen molar-refractivity contribution >= 4 is 22.5 Å². The maximum Gasteiger partial charge on any atom is 0.242 e. The molecule has 1 heterocycles. The smallest absolute Gasteiger partial charge is 0.242 e. The second kappa shape index (κ2) is 4.61. The SMILES string of the molecule is CCN(C(=O)Cn1ccc2c(N)cccc21)C1CC1. The van der Waals surface area contributed by atoms with Gasteiger partial charge in [-0.25, -0.2) is 0 Å². The molecule has 0 atom stereocenters. The van der Waals surface area contributed by atoms with Gasteiger partial charge in [-0.3, -0.25) is 4.79 Å². The first-order valence-electron chi connectivity index (χ1n) is 6.83. The lowest BCUT2D eigenvalue weighted by Gasteiger charge is -2.20. The van der Waals surface area contributed by atoms with Crippen LogP contribution in [0, 0.1) is 0 Å². The van der Waals surface area contributed by atoms with Crippen LogP contribution in [-0.2, 0) is 11.3 Å². The van der Waals surface area contributed by atoms with E-state index in [0.717, 1.165) is 36.0 Å². The van der Waals surface area contributed by atoms with Gasteiger partial charge in [0.25, 0.3) is 0 Å². The van der Waals surface area contributed by atoms with Gasteiger partial charge in [0.1, 0.15) is 6.54 Å². The van der Waals surface area contributed by atoms with Crippen molar-refractivity contribution in [1.82, 2.24) is 9.47 Å². The fourth-order valence-electron chi connectivity index (χ4n) is 2.65. The molecule has 19 heavy (non-hydrogen) atoms. The summed E-state index contributed by atoms with van der Waals surface area (Å²) in [6.07, 6.45) is 4.25. The van der Waals surface area contributed by atoms with Crippen LogP contribution < -0.4 is 5.73 Å². The number of nitrogen functional groups attached to an aromatic ring is 1. The van der Waals surface area contributed by atoms with E-state index < -0.39 is 0 Å². The van der Waals surface area contributed by atoms with Gasteiger partial charge in [-0.2, -0.15) is 0 Å². The highest BCUT2D eigenvalue weighted by molar-refractivity contribution is 5.92. The quantitative estimate of drug-likeness (QED) is 0.854.